The molecule has 3 heteroatoms. The van der Waals surface area contributed by atoms with Gasteiger partial charge in [0, 0.05) is 12.5 Å². The number of nitrogens with zero attached hydrogens (tertiary/aromatic N) is 1. The maximum absolute atomic E-state index is 12.2. The van der Waals surface area contributed by atoms with Gasteiger partial charge in [-0.05, 0) is 39.5 Å². The molecule has 1 heterocycles. The fraction of sp³-hybridized carbons (Fsp3) is 0.833. The van der Waals surface area contributed by atoms with Crippen LogP contribution < -0.4 is 0 Å². The summed E-state index contributed by atoms with van der Waals surface area (Å²) in [7, 11) is 0. The highest BCUT2D eigenvalue weighted by Gasteiger charge is 2.54. The Morgan fingerprint density at radius 3 is 2.27 bits per heavy atom. The van der Waals surface area contributed by atoms with Crippen LogP contribution >= 0.6 is 0 Å². The van der Waals surface area contributed by atoms with E-state index in [2.05, 4.69) is 0 Å². The molecule has 1 aliphatic carbocycles. The number of likely N-dealkylation sites (tertiary alicyclic amines) is 1. The zero-order valence-electron chi connectivity index (χ0n) is 9.75. The Morgan fingerprint density at radius 1 is 1.33 bits per heavy atom. The quantitative estimate of drug-likeness (QED) is 0.652. The van der Waals surface area contributed by atoms with Crippen LogP contribution in [0.15, 0.2) is 0 Å². The van der Waals surface area contributed by atoms with E-state index in [4.69, 9.17) is 0 Å². The first-order valence-corrected chi connectivity index (χ1v) is 5.83. The molecule has 1 saturated carbocycles. The average molecular weight is 209 g/mol. The SMILES string of the molecule is CC(C)N1C(=O)CC(C)(C2CCC2)C1=O. The zero-order chi connectivity index (χ0) is 11.2. The summed E-state index contributed by atoms with van der Waals surface area (Å²) >= 11 is 0. The summed E-state index contributed by atoms with van der Waals surface area (Å²) in [6.45, 7) is 5.78. The second kappa shape index (κ2) is 3.32. The van der Waals surface area contributed by atoms with Crippen LogP contribution in [0.4, 0.5) is 0 Å². The normalized spacial score (nSPS) is 32.7. The topological polar surface area (TPSA) is 37.4 Å². The molecule has 1 atom stereocenters. The van der Waals surface area contributed by atoms with Crippen molar-refractivity contribution in [3.63, 3.8) is 0 Å². The van der Waals surface area contributed by atoms with Crippen LogP contribution in [0.5, 0.6) is 0 Å². The lowest BCUT2D eigenvalue weighted by molar-refractivity contribution is -0.145. The van der Waals surface area contributed by atoms with Crippen LogP contribution in [-0.2, 0) is 9.59 Å². The maximum Gasteiger partial charge on any atom is 0.236 e. The molecule has 2 fully saturated rings. The number of hydrogen-bond acceptors (Lipinski definition) is 2. The predicted octanol–water partition coefficient (Wildman–Crippen LogP) is 1.96. The maximum atomic E-state index is 12.2. The van der Waals surface area contributed by atoms with E-state index < -0.39 is 0 Å². The molecule has 2 amide bonds. The van der Waals surface area contributed by atoms with Crippen molar-refractivity contribution in [1.82, 2.24) is 4.90 Å². The van der Waals surface area contributed by atoms with Crippen LogP contribution in [0, 0.1) is 11.3 Å². The van der Waals surface area contributed by atoms with Gasteiger partial charge in [0.2, 0.25) is 11.8 Å². The molecule has 0 aromatic carbocycles. The first-order chi connectivity index (χ1) is 6.97. The minimum Gasteiger partial charge on any atom is -0.280 e. The third-order valence-electron chi connectivity index (χ3n) is 4.02. The van der Waals surface area contributed by atoms with E-state index in [1.165, 1.54) is 11.3 Å². The van der Waals surface area contributed by atoms with Gasteiger partial charge in [-0.3, -0.25) is 14.5 Å². The van der Waals surface area contributed by atoms with E-state index >= 15 is 0 Å². The first-order valence-electron chi connectivity index (χ1n) is 5.83. The number of carbonyl (C=O) groups is 2. The molecule has 0 bridgehead atoms. The second-order valence-electron chi connectivity index (χ2n) is 5.38. The highest BCUT2D eigenvalue weighted by molar-refractivity contribution is 6.06. The summed E-state index contributed by atoms with van der Waals surface area (Å²) in [5.41, 5.74) is -0.389. The molecule has 0 aromatic heterocycles. The third-order valence-corrected chi connectivity index (χ3v) is 4.02. The molecule has 1 saturated heterocycles. The van der Waals surface area contributed by atoms with Crippen molar-refractivity contribution in [3.05, 3.63) is 0 Å². The molecule has 1 aliphatic heterocycles. The molecule has 84 valence electrons. The predicted molar refractivity (Wildman–Crippen MR) is 57.1 cm³/mol. The van der Waals surface area contributed by atoms with E-state index in [0.717, 1.165) is 12.8 Å². The van der Waals surface area contributed by atoms with Gasteiger partial charge in [0.15, 0.2) is 0 Å². The molecule has 2 rings (SSSR count). The van der Waals surface area contributed by atoms with E-state index in [1.807, 2.05) is 20.8 Å². The summed E-state index contributed by atoms with van der Waals surface area (Å²) in [5, 5.41) is 0. The fourth-order valence-corrected chi connectivity index (χ4v) is 2.75. The summed E-state index contributed by atoms with van der Waals surface area (Å²) in [5.74, 6) is 0.522. The Bertz CT molecular complexity index is 307. The number of imide groups is 1. The highest BCUT2D eigenvalue weighted by Crippen LogP contribution is 2.48. The molecule has 3 nitrogen and oxygen atoms in total. The fourth-order valence-electron chi connectivity index (χ4n) is 2.75. The third kappa shape index (κ3) is 1.40. The van der Waals surface area contributed by atoms with Crippen molar-refractivity contribution in [2.24, 2.45) is 11.3 Å². The number of carbonyl (C=O) groups excluding carboxylic acids is 2. The Hall–Kier alpha value is -0.860. The van der Waals surface area contributed by atoms with E-state index in [9.17, 15) is 9.59 Å². The number of hydrogen-bond donors (Lipinski definition) is 0. The molecule has 0 spiro atoms. The molecule has 0 aromatic rings. The van der Waals surface area contributed by atoms with Crippen LogP contribution in [-0.4, -0.2) is 22.8 Å². The monoisotopic (exact) mass is 209 g/mol. The smallest absolute Gasteiger partial charge is 0.236 e. The summed E-state index contributed by atoms with van der Waals surface area (Å²) < 4.78 is 0. The van der Waals surface area contributed by atoms with Gasteiger partial charge in [-0.25, -0.2) is 0 Å². The Labute approximate surface area is 90.8 Å². The van der Waals surface area contributed by atoms with Crippen LogP contribution in [0.25, 0.3) is 0 Å². The van der Waals surface area contributed by atoms with Crippen LogP contribution in [0.1, 0.15) is 46.5 Å². The Balaban J connectivity index is 2.23. The van der Waals surface area contributed by atoms with Gasteiger partial charge in [-0.1, -0.05) is 6.42 Å². The number of amides is 2. The molecular weight excluding hydrogens is 190 g/mol. The molecule has 15 heavy (non-hydrogen) atoms. The standard InChI is InChI=1S/C12H19NO2/c1-8(2)13-10(14)7-12(3,11(13)15)9-5-4-6-9/h8-9H,4-7H2,1-3H3. The lowest BCUT2D eigenvalue weighted by atomic mass is 9.65. The van der Waals surface area contributed by atoms with Gasteiger partial charge < -0.3 is 0 Å². The van der Waals surface area contributed by atoms with Gasteiger partial charge in [-0.15, -0.1) is 0 Å². The average Bonchev–Trinajstić information content (AvgIpc) is 2.18. The van der Waals surface area contributed by atoms with Crippen molar-refractivity contribution in [3.8, 4) is 0 Å². The van der Waals surface area contributed by atoms with Gasteiger partial charge >= 0.3 is 0 Å². The molecule has 0 N–H and O–H groups in total. The zero-order valence-corrected chi connectivity index (χ0v) is 9.75. The van der Waals surface area contributed by atoms with Gasteiger partial charge in [0.25, 0.3) is 0 Å². The first kappa shape index (κ1) is 10.7. The van der Waals surface area contributed by atoms with Crippen LogP contribution in [0.2, 0.25) is 0 Å². The minimum absolute atomic E-state index is 0.00639. The van der Waals surface area contributed by atoms with E-state index in [0.29, 0.717) is 12.3 Å². The Morgan fingerprint density at radius 2 is 1.93 bits per heavy atom. The van der Waals surface area contributed by atoms with Gasteiger partial charge in [0.1, 0.15) is 0 Å². The van der Waals surface area contributed by atoms with Crippen molar-refractivity contribution in [1.29, 1.82) is 0 Å². The van der Waals surface area contributed by atoms with Crippen molar-refractivity contribution >= 4 is 11.8 Å². The van der Waals surface area contributed by atoms with Gasteiger partial charge in [0.05, 0.1) is 5.41 Å². The van der Waals surface area contributed by atoms with Crippen molar-refractivity contribution in [2.45, 2.75) is 52.5 Å². The molecule has 2 aliphatic rings. The lowest BCUT2D eigenvalue weighted by Gasteiger charge is -2.38. The lowest BCUT2D eigenvalue weighted by Crippen LogP contribution is -2.43. The van der Waals surface area contributed by atoms with E-state index in [-0.39, 0.29) is 23.3 Å². The highest BCUT2D eigenvalue weighted by atomic mass is 16.2. The Kier molecular flexibility index (Phi) is 2.36. The van der Waals surface area contributed by atoms with Crippen LogP contribution in [0.3, 0.4) is 0 Å². The summed E-state index contributed by atoms with van der Waals surface area (Å²) in [6, 6.07) is 0.00639. The van der Waals surface area contributed by atoms with Crippen molar-refractivity contribution < 1.29 is 9.59 Å². The number of rotatable bonds is 2. The van der Waals surface area contributed by atoms with E-state index in [1.54, 1.807) is 0 Å². The molecule has 1 unspecified atom stereocenters. The van der Waals surface area contributed by atoms with Crippen molar-refractivity contribution in [2.75, 3.05) is 0 Å². The second-order valence-corrected chi connectivity index (χ2v) is 5.38. The summed E-state index contributed by atoms with van der Waals surface area (Å²) in [6.07, 6.45) is 3.86. The van der Waals surface area contributed by atoms with Gasteiger partial charge in [-0.2, -0.15) is 0 Å². The summed E-state index contributed by atoms with van der Waals surface area (Å²) in [4.78, 5) is 25.5. The minimum atomic E-state index is -0.389. The molecule has 0 radical (unpaired) electrons. The largest absolute Gasteiger partial charge is 0.280 e. The molecular formula is C12H19NO2.